The lowest BCUT2D eigenvalue weighted by molar-refractivity contribution is 0.746. The van der Waals surface area contributed by atoms with Crippen LogP contribution in [0.5, 0.6) is 0 Å². The number of rotatable bonds is 5. The predicted octanol–water partition coefficient (Wildman–Crippen LogP) is 2.42. The van der Waals surface area contributed by atoms with Crippen molar-refractivity contribution in [2.45, 2.75) is 26.8 Å². The molecule has 0 unspecified atom stereocenters. The summed E-state index contributed by atoms with van der Waals surface area (Å²) in [6, 6.07) is 0. The Labute approximate surface area is 107 Å². The second-order valence-corrected chi connectivity index (χ2v) is 4.29. The normalized spacial score (nSPS) is 10.6. The SMILES string of the molecule is C=CCn1cc(C)nc1Nc1cn(C)nc1CC. The van der Waals surface area contributed by atoms with Gasteiger partial charge in [-0.25, -0.2) is 4.98 Å². The maximum atomic E-state index is 4.48. The van der Waals surface area contributed by atoms with Gasteiger partial charge >= 0.3 is 0 Å². The Morgan fingerprint density at radius 2 is 2.22 bits per heavy atom. The maximum Gasteiger partial charge on any atom is 0.207 e. The second kappa shape index (κ2) is 5.08. The third-order valence-corrected chi connectivity index (χ3v) is 2.71. The molecule has 0 aromatic carbocycles. The van der Waals surface area contributed by atoms with E-state index in [1.807, 2.05) is 41.7 Å². The van der Waals surface area contributed by atoms with Crippen molar-refractivity contribution in [2.75, 3.05) is 5.32 Å². The molecular formula is C13H19N5. The van der Waals surface area contributed by atoms with Crippen LogP contribution in [0.1, 0.15) is 18.3 Å². The highest BCUT2D eigenvalue weighted by molar-refractivity contribution is 5.56. The van der Waals surface area contributed by atoms with Crippen LogP contribution in [0.2, 0.25) is 0 Å². The van der Waals surface area contributed by atoms with Crippen LogP contribution in [0, 0.1) is 6.92 Å². The summed E-state index contributed by atoms with van der Waals surface area (Å²) in [6.07, 6.45) is 6.73. The van der Waals surface area contributed by atoms with Gasteiger partial charge in [0.2, 0.25) is 5.95 Å². The second-order valence-electron chi connectivity index (χ2n) is 4.29. The number of anilines is 2. The van der Waals surface area contributed by atoms with Crippen molar-refractivity contribution in [1.29, 1.82) is 0 Å². The molecular weight excluding hydrogens is 226 g/mol. The number of nitrogens with zero attached hydrogens (tertiary/aromatic N) is 4. The molecule has 0 radical (unpaired) electrons. The fraction of sp³-hybridized carbons (Fsp3) is 0.385. The van der Waals surface area contributed by atoms with Crippen LogP contribution < -0.4 is 5.32 Å². The Bertz CT molecular complexity index is 550. The minimum Gasteiger partial charge on any atom is -0.323 e. The molecule has 96 valence electrons. The molecule has 0 atom stereocenters. The highest BCUT2D eigenvalue weighted by Crippen LogP contribution is 2.20. The first kappa shape index (κ1) is 12.4. The van der Waals surface area contributed by atoms with Crippen molar-refractivity contribution in [3.63, 3.8) is 0 Å². The third kappa shape index (κ3) is 2.45. The van der Waals surface area contributed by atoms with Gasteiger partial charge in [-0.1, -0.05) is 13.0 Å². The maximum absolute atomic E-state index is 4.48. The summed E-state index contributed by atoms with van der Waals surface area (Å²) in [4.78, 5) is 4.48. The number of aromatic nitrogens is 4. The van der Waals surface area contributed by atoms with Gasteiger partial charge in [0, 0.05) is 26.0 Å². The zero-order valence-corrected chi connectivity index (χ0v) is 11.1. The molecule has 0 aliphatic carbocycles. The van der Waals surface area contributed by atoms with E-state index in [1.54, 1.807) is 0 Å². The van der Waals surface area contributed by atoms with Gasteiger partial charge in [0.1, 0.15) is 0 Å². The summed E-state index contributed by atoms with van der Waals surface area (Å²) in [5, 5.41) is 7.74. The molecule has 0 bridgehead atoms. The first-order chi connectivity index (χ1) is 8.63. The van der Waals surface area contributed by atoms with Crippen LogP contribution >= 0.6 is 0 Å². The molecule has 2 aromatic rings. The summed E-state index contributed by atoms with van der Waals surface area (Å²) >= 11 is 0. The van der Waals surface area contributed by atoms with E-state index in [4.69, 9.17) is 0 Å². The van der Waals surface area contributed by atoms with Crippen LogP contribution in [0.4, 0.5) is 11.6 Å². The first-order valence-electron chi connectivity index (χ1n) is 6.08. The largest absolute Gasteiger partial charge is 0.323 e. The number of hydrogen-bond acceptors (Lipinski definition) is 3. The van der Waals surface area contributed by atoms with Gasteiger partial charge in [-0.15, -0.1) is 6.58 Å². The summed E-state index contributed by atoms with van der Waals surface area (Å²) in [5.41, 5.74) is 3.04. The highest BCUT2D eigenvalue weighted by Gasteiger charge is 2.10. The van der Waals surface area contributed by atoms with Crippen molar-refractivity contribution >= 4 is 11.6 Å². The molecule has 18 heavy (non-hydrogen) atoms. The van der Waals surface area contributed by atoms with Gasteiger partial charge in [0.25, 0.3) is 0 Å². The monoisotopic (exact) mass is 245 g/mol. The number of imidazole rings is 1. The number of allylic oxidation sites excluding steroid dienone is 1. The van der Waals surface area contributed by atoms with E-state index in [9.17, 15) is 0 Å². The Hall–Kier alpha value is -2.04. The average molecular weight is 245 g/mol. The Kier molecular flexibility index (Phi) is 3.50. The molecule has 0 aliphatic heterocycles. The van der Waals surface area contributed by atoms with Gasteiger partial charge in [-0.3, -0.25) is 4.68 Å². The van der Waals surface area contributed by atoms with E-state index >= 15 is 0 Å². The van der Waals surface area contributed by atoms with Crippen molar-refractivity contribution in [3.8, 4) is 0 Å². The van der Waals surface area contributed by atoms with Crippen LogP contribution in [-0.4, -0.2) is 19.3 Å². The Balaban J connectivity index is 2.29. The molecule has 0 fully saturated rings. The smallest absolute Gasteiger partial charge is 0.207 e. The predicted molar refractivity (Wildman–Crippen MR) is 73.0 cm³/mol. The standard InChI is InChI=1S/C13H19N5/c1-5-7-18-8-10(3)14-13(18)15-12-9-17(4)16-11(12)6-2/h5,8-9H,1,6-7H2,2-4H3,(H,14,15). The van der Waals surface area contributed by atoms with E-state index in [1.165, 1.54) is 0 Å². The van der Waals surface area contributed by atoms with E-state index in [0.29, 0.717) is 0 Å². The lowest BCUT2D eigenvalue weighted by Gasteiger charge is -2.06. The molecule has 0 amide bonds. The zero-order valence-electron chi connectivity index (χ0n) is 11.1. The molecule has 1 N–H and O–H groups in total. The van der Waals surface area contributed by atoms with Gasteiger partial charge in [-0.2, -0.15) is 5.10 Å². The number of aryl methyl sites for hydroxylation is 3. The Morgan fingerprint density at radius 3 is 2.89 bits per heavy atom. The van der Waals surface area contributed by atoms with Crippen LogP contribution in [0.25, 0.3) is 0 Å². The summed E-state index contributed by atoms with van der Waals surface area (Å²) in [5.74, 6) is 0.829. The zero-order chi connectivity index (χ0) is 13.1. The highest BCUT2D eigenvalue weighted by atomic mass is 15.3. The lowest BCUT2D eigenvalue weighted by Crippen LogP contribution is -2.02. The van der Waals surface area contributed by atoms with Gasteiger partial charge < -0.3 is 9.88 Å². The lowest BCUT2D eigenvalue weighted by atomic mass is 10.3. The first-order valence-corrected chi connectivity index (χ1v) is 6.08. The van der Waals surface area contributed by atoms with Crippen LogP contribution in [0.3, 0.4) is 0 Å². The molecule has 0 aliphatic rings. The molecule has 2 heterocycles. The third-order valence-electron chi connectivity index (χ3n) is 2.71. The van der Waals surface area contributed by atoms with Crippen molar-refractivity contribution in [2.24, 2.45) is 7.05 Å². The molecule has 5 nitrogen and oxygen atoms in total. The number of hydrogen-bond donors (Lipinski definition) is 1. The molecule has 0 saturated heterocycles. The topological polar surface area (TPSA) is 47.7 Å². The molecule has 0 saturated carbocycles. The van der Waals surface area contributed by atoms with Crippen molar-refractivity contribution < 1.29 is 0 Å². The quantitative estimate of drug-likeness (QED) is 0.823. The summed E-state index contributed by atoms with van der Waals surface area (Å²) in [6.45, 7) is 8.57. The van der Waals surface area contributed by atoms with Gasteiger partial charge in [0.15, 0.2) is 0 Å². The van der Waals surface area contributed by atoms with Crippen molar-refractivity contribution in [3.05, 3.63) is 36.4 Å². The fourth-order valence-corrected chi connectivity index (χ4v) is 1.95. The number of nitrogens with one attached hydrogen (secondary N) is 1. The summed E-state index contributed by atoms with van der Waals surface area (Å²) < 4.78 is 3.85. The summed E-state index contributed by atoms with van der Waals surface area (Å²) in [7, 11) is 1.92. The van der Waals surface area contributed by atoms with E-state index in [0.717, 1.165) is 36.0 Å². The van der Waals surface area contributed by atoms with Gasteiger partial charge in [-0.05, 0) is 13.3 Å². The molecule has 5 heteroatoms. The van der Waals surface area contributed by atoms with Gasteiger partial charge in [0.05, 0.1) is 17.1 Å². The van der Waals surface area contributed by atoms with E-state index in [-0.39, 0.29) is 0 Å². The van der Waals surface area contributed by atoms with E-state index in [2.05, 4.69) is 28.9 Å². The molecule has 0 spiro atoms. The van der Waals surface area contributed by atoms with Crippen LogP contribution in [-0.2, 0) is 20.0 Å². The average Bonchev–Trinajstić information content (AvgIpc) is 2.83. The minimum absolute atomic E-state index is 0.741. The molecule has 2 aromatic heterocycles. The van der Waals surface area contributed by atoms with Crippen molar-refractivity contribution in [1.82, 2.24) is 19.3 Å². The Morgan fingerprint density at radius 1 is 1.44 bits per heavy atom. The fourth-order valence-electron chi connectivity index (χ4n) is 1.95. The minimum atomic E-state index is 0.741. The van der Waals surface area contributed by atoms with E-state index < -0.39 is 0 Å². The van der Waals surface area contributed by atoms with Crippen LogP contribution in [0.15, 0.2) is 25.0 Å². The molecule has 2 rings (SSSR count).